The van der Waals surface area contributed by atoms with Gasteiger partial charge in [-0.15, -0.1) is 0 Å². The van der Waals surface area contributed by atoms with Gasteiger partial charge in [0.25, 0.3) is 0 Å². The Bertz CT molecular complexity index is 859. The Morgan fingerprint density at radius 1 is 1.26 bits per heavy atom. The lowest BCUT2D eigenvalue weighted by Gasteiger charge is -2.22. The molecular formula is C18H20F3N3O3. The van der Waals surface area contributed by atoms with Crippen LogP contribution in [0.1, 0.15) is 45.3 Å². The van der Waals surface area contributed by atoms with Crippen LogP contribution in [0.4, 0.5) is 13.2 Å². The van der Waals surface area contributed by atoms with Gasteiger partial charge < -0.3 is 10.4 Å². The monoisotopic (exact) mass is 383 g/mol. The Balaban J connectivity index is 2.17. The summed E-state index contributed by atoms with van der Waals surface area (Å²) in [6.07, 6.45) is -4.94. The Morgan fingerprint density at radius 2 is 1.89 bits per heavy atom. The molecule has 1 atom stereocenters. The van der Waals surface area contributed by atoms with Gasteiger partial charge >= 0.3 is 12.1 Å². The molecule has 0 aliphatic heterocycles. The second-order valence-corrected chi connectivity index (χ2v) is 6.21. The Labute approximate surface area is 154 Å². The van der Waals surface area contributed by atoms with E-state index in [2.05, 4.69) is 5.10 Å². The number of hydrogen-bond donors (Lipinski definition) is 2. The molecule has 0 aliphatic rings. The van der Waals surface area contributed by atoms with Crippen molar-refractivity contribution in [3.05, 3.63) is 52.3 Å². The maximum absolute atomic E-state index is 13.5. The van der Waals surface area contributed by atoms with Crippen molar-refractivity contribution >= 4 is 11.9 Å². The molecule has 2 rings (SSSR count). The molecule has 0 fully saturated rings. The molecule has 27 heavy (non-hydrogen) atoms. The minimum absolute atomic E-state index is 0.0177. The number of nitrogens with one attached hydrogen (secondary N) is 1. The fourth-order valence-corrected chi connectivity index (χ4v) is 2.95. The van der Waals surface area contributed by atoms with Crippen molar-refractivity contribution in [2.75, 3.05) is 0 Å². The molecule has 0 spiro atoms. The van der Waals surface area contributed by atoms with Crippen molar-refractivity contribution < 1.29 is 27.9 Å². The quantitative estimate of drug-likeness (QED) is 0.803. The summed E-state index contributed by atoms with van der Waals surface area (Å²) in [5.74, 6) is -1.97. The third-order valence-corrected chi connectivity index (χ3v) is 4.36. The van der Waals surface area contributed by atoms with Gasteiger partial charge in [0.15, 0.2) is 6.04 Å². The molecule has 1 amide bonds. The van der Waals surface area contributed by atoms with Crippen LogP contribution < -0.4 is 5.32 Å². The lowest BCUT2D eigenvalue weighted by molar-refractivity contribution is -0.163. The minimum Gasteiger partial charge on any atom is -0.478 e. The number of carbonyl (C=O) groups is 2. The third kappa shape index (κ3) is 4.66. The molecule has 1 aromatic carbocycles. The lowest BCUT2D eigenvalue weighted by atomic mass is 10.0. The van der Waals surface area contributed by atoms with Crippen LogP contribution in [0.2, 0.25) is 0 Å². The molecule has 146 valence electrons. The number of aryl methyl sites for hydroxylation is 3. The SMILES string of the molecule is Cc1nn(C)c(C)c1C(NC(=O)CCc1ccccc1C(=O)O)C(F)(F)F. The van der Waals surface area contributed by atoms with Gasteiger partial charge in [-0.05, 0) is 31.9 Å². The standard InChI is InChI=1S/C18H20F3N3O3/c1-10-15(11(2)24(3)23-10)16(18(19,20)21)22-14(25)9-8-12-6-4-5-7-13(12)17(26)27/h4-7,16H,8-9H2,1-3H3,(H,22,25)(H,26,27). The predicted molar refractivity (Wildman–Crippen MR) is 91.3 cm³/mol. The van der Waals surface area contributed by atoms with E-state index in [1.165, 1.54) is 37.7 Å². The van der Waals surface area contributed by atoms with Gasteiger partial charge in [0, 0.05) is 24.7 Å². The summed E-state index contributed by atoms with van der Waals surface area (Å²) in [5.41, 5.74) is 0.832. The number of carboxylic acid groups (broad SMARTS) is 1. The molecule has 2 N–H and O–H groups in total. The highest BCUT2D eigenvalue weighted by Gasteiger charge is 2.44. The predicted octanol–water partition coefficient (Wildman–Crippen LogP) is 3.09. The van der Waals surface area contributed by atoms with Crippen molar-refractivity contribution in [3.8, 4) is 0 Å². The zero-order chi connectivity index (χ0) is 20.4. The van der Waals surface area contributed by atoms with E-state index in [9.17, 15) is 22.8 Å². The number of hydrogen-bond acceptors (Lipinski definition) is 3. The fourth-order valence-electron chi connectivity index (χ4n) is 2.95. The topological polar surface area (TPSA) is 84.2 Å². The Kier molecular flexibility index (Phi) is 5.92. The molecule has 6 nitrogen and oxygen atoms in total. The summed E-state index contributed by atoms with van der Waals surface area (Å²) in [7, 11) is 1.53. The number of nitrogens with zero attached hydrogens (tertiary/aromatic N) is 2. The van der Waals surface area contributed by atoms with Crippen LogP contribution in [-0.4, -0.2) is 32.9 Å². The highest BCUT2D eigenvalue weighted by atomic mass is 19.4. The minimum atomic E-state index is -4.69. The van der Waals surface area contributed by atoms with E-state index in [1.54, 1.807) is 12.1 Å². The van der Waals surface area contributed by atoms with Gasteiger partial charge in [-0.3, -0.25) is 9.48 Å². The molecule has 0 saturated carbocycles. The van der Waals surface area contributed by atoms with Crippen LogP contribution in [0.25, 0.3) is 0 Å². The maximum Gasteiger partial charge on any atom is 0.413 e. The molecule has 0 radical (unpaired) electrons. The van der Waals surface area contributed by atoms with Crippen LogP contribution in [0, 0.1) is 13.8 Å². The summed E-state index contributed by atoms with van der Waals surface area (Å²) in [5, 5.41) is 15.1. The number of amides is 1. The normalized spacial score (nSPS) is 12.7. The molecule has 1 heterocycles. The second kappa shape index (κ2) is 7.81. The number of benzene rings is 1. The van der Waals surface area contributed by atoms with E-state index < -0.39 is 24.1 Å². The van der Waals surface area contributed by atoms with Crippen molar-refractivity contribution in [1.82, 2.24) is 15.1 Å². The molecule has 0 bridgehead atoms. The molecular weight excluding hydrogens is 363 g/mol. The average molecular weight is 383 g/mol. The van der Waals surface area contributed by atoms with Gasteiger partial charge in [0.1, 0.15) is 0 Å². The molecule has 9 heteroatoms. The number of halogens is 3. The maximum atomic E-state index is 13.5. The van der Waals surface area contributed by atoms with Gasteiger partial charge in [-0.1, -0.05) is 18.2 Å². The van der Waals surface area contributed by atoms with Crippen LogP contribution in [-0.2, 0) is 18.3 Å². The highest BCUT2D eigenvalue weighted by Crippen LogP contribution is 2.35. The summed E-state index contributed by atoms with van der Waals surface area (Å²) in [6, 6.07) is 3.90. The number of aromatic carboxylic acids is 1. The van der Waals surface area contributed by atoms with Crippen LogP contribution in [0.5, 0.6) is 0 Å². The first-order valence-electron chi connectivity index (χ1n) is 8.19. The first-order valence-corrected chi connectivity index (χ1v) is 8.19. The van der Waals surface area contributed by atoms with E-state index >= 15 is 0 Å². The summed E-state index contributed by atoms with van der Waals surface area (Å²) >= 11 is 0. The Morgan fingerprint density at radius 3 is 2.41 bits per heavy atom. The van der Waals surface area contributed by atoms with E-state index in [0.29, 0.717) is 11.3 Å². The molecule has 1 unspecified atom stereocenters. The second-order valence-electron chi connectivity index (χ2n) is 6.21. The molecule has 0 aliphatic carbocycles. The summed E-state index contributed by atoms with van der Waals surface area (Å²) < 4.78 is 41.9. The van der Waals surface area contributed by atoms with Gasteiger partial charge in [-0.2, -0.15) is 18.3 Å². The van der Waals surface area contributed by atoms with E-state index in [0.717, 1.165) is 0 Å². The number of alkyl halides is 3. The van der Waals surface area contributed by atoms with Crippen molar-refractivity contribution in [1.29, 1.82) is 0 Å². The average Bonchev–Trinajstić information content (AvgIpc) is 2.82. The van der Waals surface area contributed by atoms with Gasteiger partial charge in [0.05, 0.1) is 11.3 Å². The fraction of sp³-hybridized carbons (Fsp3) is 0.389. The first kappa shape index (κ1) is 20.5. The number of rotatable bonds is 6. The molecule has 2 aromatic rings. The smallest absolute Gasteiger partial charge is 0.413 e. The van der Waals surface area contributed by atoms with Crippen LogP contribution >= 0.6 is 0 Å². The number of aromatic nitrogens is 2. The van der Waals surface area contributed by atoms with Crippen molar-refractivity contribution in [2.45, 2.75) is 38.9 Å². The van der Waals surface area contributed by atoms with Gasteiger partial charge in [-0.25, -0.2) is 4.79 Å². The molecule has 0 saturated heterocycles. The molecule has 1 aromatic heterocycles. The van der Waals surface area contributed by atoms with Crippen molar-refractivity contribution in [2.24, 2.45) is 7.05 Å². The zero-order valence-corrected chi connectivity index (χ0v) is 15.1. The van der Waals surface area contributed by atoms with Crippen LogP contribution in [0.15, 0.2) is 24.3 Å². The van der Waals surface area contributed by atoms with E-state index in [-0.39, 0.29) is 29.7 Å². The third-order valence-electron chi connectivity index (χ3n) is 4.36. The summed E-state index contributed by atoms with van der Waals surface area (Å²) in [4.78, 5) is 23.4. The first-order chi connectivity index (χ1) is 12.5. The lowest BCUT2D eigenvalue weighted by Crippen LogP contribution is -2.39. The summed E-state index contributed by atoms with van der Waals surface area (Å²) in [6.45, 7) is 2.96. The zero-order valence-electron chi connectivity index (χ0n) is 15.1. The van der Waals surface area contributed by atoms with Crippen molar-refractivity contribution in [3.63, 3.8) is 0 Å². The van der Waals surface area contributed by atoms with Gasteiger partial charge in [0.2, 0.25) is 5.91 Å². The highest BCUT2D eigenvalue weighted by molar-refractivity contribution is 5.89. The Hall–Kier alpha value is -2.84. The number of carbonyl (C=O) groups excluding carboxylic acids is 1. The van der Waals surface area contributed by atoms with E-state index in [4.69, 9.17) is 5.11 Å². The largest absolute Gasteiger partial charge is 0.478 e. The number of carboxylic acids is 1. The van der Waals surface area contributed by atoms with E-state index in [1.807, 2.05) is 5.32 Å². The van der Waals surface area contributed by atoms with Crippen LogP contribution in [0.3, 0.4) is 0 Å².